The quantitative estimate of drug-likeness (QED) is 0.670. The first-order valence-electron chi connectivity index (χ1n) is 10.8. The van der Waals surface area contributed by atoms with Gasteiger partial charge in [0.05, 0.1) is 17.1 Å². The van der Waals surface area contributed by atoms with Gasteiger partial charge in [0.15, 0.2) is 0 Å². The van der Waals surface area contributed by atoms with Gasteiger partial charge in [-0.15, -0.1) is 0 Å². The topological polar surface area (TPSA) is 101 Å². The number of aromatic nitrogens is 3. The summed E-state index contributed by atoms with van der Waals surface area (Å²) in [6, 6.07) is 1.21. The minimum Gasteiger partial charge on any atom is -0.359 e. The molecule has 2 aliphatic rings. The lowest BCUT2D eigenvalue weighted by molar-refractivity contribution is -0.126. The largest absolute Gasteiger partial charge is 0.359 e. The lowest BCUT2D eigenvalue weighted by atomic mass is 9.84. The number of nitrogens with zero attached hydrogens (tertiary/aromatic N) is 3. The average Bonchev–Trinajstić information content (AvgIpc) is 3.24. The fraction of sp³-hybridized carbons (Fsp3) is 0.545. The molecule has 1 fully saturated rings. The number of carbonyl (C=O) groups excluding carboxylic acids is 2. The Kier molecular flexibility index (Phi) is 5.92. The van der Waals surface area contributed by atoms with Gasteiger partial charge in [-0.1, -0.05) is 38.3 Å². The SMILES string of the molecule is CNC(=O)[C@@H]1CCCC[C@H]1NC(=O)Nc1cc(-c2cnn3c2CC(C)(C)C3)c(Cl)cn1. The van der Waals surface area contributed by atoms with Crippen molar-refractivity contribution in [3.63, 3.8) is 0 Å². The van der Waals surface area contributed by atoms with E-state index in [9.17, 15) is 9.59 Å². The van der Waals surface area contributed by atoms with E-state index in [4.69, 9.17) is 11.6 Å². The van der Waals surface area contributed by atoms with Crippen LogP contribution in [0.25, 0.3) is 11.1 Å². The Balaban J connectivity index is 1.49. The van der Waals surface area contributed by atoms with E-state index in [0.717, 1.165) is 55.5 Å². The smallest absolute Gasteiger partial charge is 0.320 e. The highest BCUT2D eigenvalue weighted by atomic mass is 35.5. The molecule has 1 aliphatic heterocycles. The van der Waals surface area contributed by atoms with Crippen molar-refractivity contribution in [3.05, 3.63) is 29.2 Å². The molecular formula is C22H29ClN6O2. The van der Waals surface area contributed by atoms with Crippen LogP contribution in [-0.2, 0) is 17.8 Å². The Bertz CT molecular complexity index is 1000. The molecule has 0 spiro atoms. The van der Waals surface area contributed by atoms with Gasteiger partial charge >= 0.3 is 6.03 Å². The van der Waals surface area contributed by atoms with E-state index < -0.39 is 0 Å². The number of hydrogen-bond donors (Lipinski definition) is 3. The first kappa shape index (κ1) is 21.6. The Morgan fingerprint density at radius 2 is 1.97 bits per heavy atom. The summed E-state index contributed by atoms with van der Waals surface area (Å²) in [5.41, 5.74) is 3.06. The number of fused-ring (bicyclic) bond motifs is 1. The van der Waals surface area contributed by atoms with Crippen LogP contribution in [0.1, 0.15) is 45.2 Å². The van der Waals surface area contributed by atoms with Gasteiger partial charge in [0, 0.05) is 42.7 Å². The summed E-state index contributed by atoms with van der Waals surface area (Å²) in [4.78, 5) is 29.1. The zero-order valence-electron chi connectivity index (χ0n) is 18.2. The van der Waals surface area contributed by atoms with Crippen molar-refractivity contribution in [2.75, 3.05) is 12.4 Å². The zero-order chi connectivity index (χ0) is 22.2. The summed E-state index contributed by atoms with van der Waals surface area (Å²) in [6.45, 7) is 5.30. The summed E-state index contributed by atoms with van der Waals surface area (Å²) in [7, 11) is 1.63. The fourth-order valence-electron chi connectivity index (χ4n) is 4.71. The molecule has 0 unspecified atom stereocenters. The van der Waals surface area contributed by atoms with Crippen LogP contribution in [-0.4, -0.2) is 39.8 Å². The molecule has 4 rings (SSSR count). The minimum atomic E-state index is -0.372. The van der Waals surface area contributed by atoms with Crippen molar-refractivity contribution in [1.29, 1.82) is 0 Å². The molecule has 3 amide bonds. The molecule has 0 bridgehead atoms. The van der Waals surface area contributed by atoms with E-state index in [0.29, 0.717) is 10.8 Å². The number of nitrogens with one attached hydrogen (secondary N) is 3. The van der Waals surface area contributed by atoms with Crippen molar-refractivity contribution in [3.8, 4) is 11.1 Å². The minimum absolute atomic E-state index is 0.0325. The van der Waals surface area contributed by atoms with Gasteiger partial charge in [0.2, 0.25) is 5.91 Å². The molecule has 0 saturated heterocycles. The molecule has 31 heavy (non-hydrogen) atoms. The maximum atomic E-state index is 12.6. The molecular weight excluding hydrogens is 416 g/mol. The van der Waals surface area contributed by atoms with Crippen molar-refractivity contribution < 1.29 is 9.59 Å². The number of hydrogen-bond acceptors (Lipinski definition) is 4. The van der Waals surface area contributed by atoms with Gasteiger partial charge in [-0.3, -0.25) is 14.8 Å². The molecule has 2 aromatic rings. The normalized spacial score (nSPS) is 21.9. The molecule has 8 nitrogen and oxygen atoms in total. The first-order valence-corrected chi connectivity index (χ1v) is 11.1. The number of pyridine rings is 1. The highest BCUT2D eigenvalue weighted by molar-refractivity contribution is 6.33. The van der Waals surface area contributed by atoms with Crippen LogP contribution >= 0.6 is 11.6 Å². The standard InChI is InChI=1S/C22H29ClN6O2/c1-22(2)9-18-15(10-26-29(18)12-22)14-8-19(25-11-16(14)23)28-21(31)27-17-7-5-4-6-13(17)20(30)24-3/h8,10-11,13,17H,4-7,9,12H2,1-3H3,(H,24,30)(H2,25,27,28,31)/t13-,17-/m1/s1. The number of anilines is 1. The van der Waals surface area contributed by atoms with Gasteiger partial charge in [-0.05, 0) is 30.7 Å². The summed E-state index contributed by atoms with van der Waals surface area (Å²) >= 11 is 6.45. The second-order valence-electron chi connectivity index (χ2n) is 9.26. The predicted molar refractivity (Wildman–Crippen MR) is 120 cm³/mol. The van der Waals surface area contributed by atoms with E-state index in [1.807, 2.05) is 10.9 Å². The molecule has 1 aliphatic carbocycles. The second-order valence-corrected chi connectivity index (χ2v) is 9.67. The predicted octanol–water partition coefficient (Wildman–Crippen LogP) is 3.61. The highest BCUT2D eigenvalue weighted by Gasteiger charge is 2.33. The molecule has 3 N–H and O–H groups in total. The number of amides is 3. The first-order chi connectivity index (χ1) is 14.8. The summed E-state index contributed by atoms with van der Waals surface area (Å²) in [5.74, 6) is 0.160. The van der Waals surface area contributed by atoms with Gasteiger partial charge in [-0.2, -0.15) is 5.10 Å². The van der Waals surface area contributed by atoms with E-state index in [2.05, 4.69) is 39.9 Å². The van der Waals surface area contributed by atoms with E-state index in [1.165, 1.54) is 0 Å². The summed E-state index contributed by atoms with van der Waals surface area (Å²) in [6.07, 6.45) is 7.82. The van der Waals surface area contributed by atoms with Crippen molar-refractivity contribution in [2.24, 2.45) is 11.3 Å². The van der Waals surface area contributed by atoms with Gasteiger partial charge in [0.25, 0.3) is 0 Å². The van der Waals surface area contributed by atoms with E-state index in [1.54, 1.807) is 19.3 Å². The van der Waals surface area contributed by atoms with Gasteiger partial charge in [-0.25, -0.2) is 9.78 Å². The van der Waals surface area contributed by atoms with Crippen LogP contribution in [0.2, 0.25) is 5.02 Å². The van der Waals surface area contributed by atoms with Crippen LogP contribution < -0.4 is 16.0 Å². The summed E-state index contributed by atoms with van der Waals surface area (Å²) in [5, 5.41) is 13.5. The Labute approximate surface area is 187 Å². The summed E-state index contributed by atoms with van der Waals surface area (Å²) < 4.78 is 2.02. The Morgan fingerprint density at radius 1 is 1.19 bits per heavy atom. The lowest BCUT2D eigenvalue weighted by Gasteiger charge is -2.30. The van der Waals surface area contributed by atoms with Crippen LogP contribution in [0.4, 0.5) is 10.6 Å². The van der Waals surface area contributed by atoms with Gasteiger partial charge in [0.1, 0.15) is 5.82 Å². The average molecular weight is 445 g/mol. The molecule has 2 aromatic heterocycles. The van der Waals surface area contributed by atoms with Crippen LogP contribution in [0, 0.1) is 11.3 Å². The Hall–Kier alpha value is -2.61. The second kappa shape index (κ2) is 8.49. The van der Waals surface area contributed by atoms with Crippen molar-refractivity contribution in [2.45, 2.75) is 58.5 Å². The van der Waals surface area contributed by atoms with Crippen molar-refractivity contribution >= 4 is 29.4 Å². The van der Waals surface area contributed by atoms with Crippen LogP contribution in [0.15, 0.2) is 18.5 Å². The maximum absolute atomic E-state index is 12.6. The lowest BCUT2D eigenvalue weighted by Crippen LogP contribution is -2.49. The molecule has 3 heterocycles. The zero-order valence-corrected chi connectivity index (χ0v) is 18.9. The van der Waals surface area contributed by atoms with Crippen LogP contribution in [0.3, 0.4) is 0 Å². The molecule has 166 valence electrons. The molecule has 2 atom stereocenters. The maximum Gasteiger partial charge on any atom is 0.320 e. The molecule has 0 aromatic carbocycles. The number of urea groups is 1. The van der Waals surface area contributed by atoms with Crippen LogP contribution in [0.5, 0.6) is 0 Å². The number of rotatable bonds is 4. The van der Waals surface area contributed by atoms with Gasteiger partial charge < -0.3 is 10.6 Å². The number of carbonyl (C=O) groups is 2. The third-order valence-electron chi connectivity index (χ3n) is 6.23. The molecule has 0 radical (unpaired) electrons. The Morgan fingerprint density at radius 3 is 2.74 bits per heavy atom. The molecule has 9 heteroatoms. The fourth-order valence-corrected chi connectivity index (χ4v) is 4.92. The third-order valence-corrected chi connectivity index (χ3v) is 6.53. The van der Waals surface area contributed by atoms with E-state index in [-0.39, 0.29) is 29.3 Å². The monoisotopic (exact) mass is 444 g/mol. The highest BCUT2D eigenvalue weighted by Crippen LogP contribution is 2.39. The van der Waals surface area contributed by atoms with E-state index >= 15 is 0 Å². The van der Waals surface area contributed by atoms with Crippen molar-refractivity contribution in [1.82, 2.24) is 25.4 Å². The third kappa shape index (κ3) is 4.54. The molecule has 1 saturated carbocycles. The number of halogens is 1.